The molecule has 0 fully saturated rings. The predicted molar refractivity (Wildman–Crippen MR) is 65.6 cm³/mol. The molecule has 2 amide bonds. The van der Waals surface area contributed by atoms with Gasteiger partial charge in [-0.15, -0.1) is 0 Å². The molecule has 7 heteroatoms. The molecule has 1 rings (SSSR count). The minimum absolute atomic E-state index is 0.0389. The number of carbonyl (C=O) groups excluding carboxylic acids is 2. The number of ether oxygens (including phenoxy) is 1. The maximum atomic E-state index is 11.6. The van der Waals surface area contributed by atoms with Crippen LogP contribution in [0.25, 0.3) is 0 Å². The summed E-state index contributed by atoms with van der Waals surface area (Å²) >= 11 is 5.64. The Morgan fingerprint density at radius 1 is 1.39 bits per heavy atom. The lowest BCUT2D eigenvalue weighted by molar-refractivity contribution is -0.121. The van der Waals surface area contributed by atoms with Crippen LogP contribution in [0.3, 0.4) is 0 Å². The number of hydrogen-bond donors (Lipinski definition) is 2. The Morgan fingerprint density at radius 2 is 2.17 bits per heavy atom. The number of furan rings is 1. The molecule has 0 radical (unpaired) electrons. The Bertz CT molecular complexity index is 406. The molecule has 6 nitrogen and oxygen atoms in total. The highest BCUT2D eigenvalue weighted by Crippen LogP contribution is 2.15. The first-order valence-corrected chi connectivity index (χ1v) is 5.79. The summed E-state index contributed by atoms with van der Waals surface area (Å²) in [4.78, 5) is 22.9. The molecule has 0 spiro atoms. The molecule has 1 heterocycles. The number of amides is 2. The van der Waals surface area contributed by atoms with Gasteiger partial charge in [-0.05, 0) is 17.7 Å². The van der Waals surface area contributed by atoms with Crippen LogP contribution in [0.5, 0.6) is 0 Å². The first kappa shape index (κ1) is 14.5. The van der Waals surface area contributed by atoms with E-state index in [1.165, 1.54) is 12.3 Å². The Kier molecular flexibility index (Phi) is 6.24. The van der Waals surface area contributed by atoms with Crippen molar-refractivity contribution < 1.29 is 18.7 Å². The Balaban J connectivity index is 2.20. The van der Waals surface area contributed by atoms with Crippen LogP contribution in [0, 0.1) is 0 Å². The van der Waals surface area contributed by atoms with Crippen LogP contribution in [0.4, 0.5) is 0 Å². The molecule has 0 aliphatic rings. The quantitative estimate of drug-likeness (QED) is 0.721. The zero-order valence-corrected chi connectivity index (χ0v) is 10.8. The minimum Gasteiger partial charge on any atom is -0.452 e. The van der Waals surface area contributed by atoms with Gasteiger partial charge in [0.05, 0.1) is 18.4 Å². The first-order valence-electron chi connectivity index (χ1n) is 5.42. The van der Waals surface area contributed by atoms with Gasteiger partial charge < -0.3 is 19.8 Å². The van der Waals surface area contributed by atoms with Crippen LogP contribution in [0.2, 0.25) is 5.22 Å². The van der Waals surface area contributed by atoms with E-state index in [1.807, 2.05) is 0 Å². The van der Waals surface area contributed by atoms with Crippen molar-refractivity contribution >= 4 is 23.4 Å². The molecule has 0 aliphatic heterocycles. The topological polar surface area (TPSA) is 80.6 Å². The second-order valence-corrected chi connectivity index (χ2v) is 3.80. The lowest BCUT2D eigenvalue weighted by Gasteiger charge is -2.05. The van der Waals surface area contributed by atoms with Crippen molar-refractivity contribution in [2.45, 2.75) is 6.42 Å². The summed E-state index contributed by atoms with van der Waals surface area (Å²) in [5.74, 6) is -0.510. The Hall–Kier alpha value is -1.53. The van der Waals surface area contributed by atoms with Gasteiger partial charge in [-0.2, -0.15) is 0 Å². The predicted octanol–water partition coefficient (Wildman–Crippen LogP) is 0.816. The molecular weight excluding hydrogens is 260 g/mol. The van der Waals surface area contributed by atoms with Gasteiger partial charge >= 0.3 is 0 Å². The summed E-state index contributed by atoms with van der Waals surface area (Å²) in [5, 5.41) is 5.25. The van der Waals surface area contributed by atoms with Gasteiger partial charge in [0.2, 0.25) is 11.1 Å². The Morgan fingerprint density at radius 3 is 2.78 bits per heavy atom. The fourth-order valence-corrected chi connectivity index (χ4v) is 1.42. The van der Waals surface area contributed by atoms with E-state index in [9.17, 15) is 9.59 Å². The molecule has 0 unspecified atom stereocenters. The molecule has 0 aliphatic carbocycles. The lowest BCUT2D eigenvalue weighted by Crippen LogP contribution is -2.32. The average Bonchev–Trinajstić information content (AvgIpc) is 2.76. The molecule has 0 saturated carbocycles. The fourth-order valence-electron chi connectivity index (χ4n) is 1.22. The summed E-state index contributed by atoms with van der Waals surface area (Å²) in [7, 11) is 1.56. The van der Waals surface area contributed by atoms with E-state index in [4.69, 9.17) is 20.8 Å². The van der Waals surface area contributed by atoms with Crippen molar-refractivity contribution in [2.24, 2.45) is 0 Å². The lowest BCUT2D eigenvalue weighted by atomic mass is 10.3. The van der Waals surface area contributed by atoms with E-state index in [0.717, 1.165) is 0 Å². The van der Waals surface area contributed by atoms with Gasteiger partial charge in [-0.25, -0.2) is 0 Å². The summed E-state index contributed by atoms with van der Waals surface area (Å²) in [5.41, 5.74) is 0.261. The largest absolute Gasteiger partial charge is 0.452 e. The standard InChI is InChI=1S/C11H15ClN2O4/c1-17-7-5-13-9(15)2-4-14-11(16)8-3-6-18-10(8)12/h3,6H,2,4-5,7H2,1H3,(H,13,15)(H,14,16). The summed E-state index contributed by atoms with van der Waals surface area (Å²) < 4.78 is 9.58. The maximum absolute atomic E-state index is 11.6. The smallest absolute Gasteiger partial charge is 0.256 e. The molecule has 100 valence electrons. The van der Waals surface area contributed by atoms with Gasteiger partial charge in [-0.1, -0.05) is 0 Å². The van der Waals surface area contributed by atoms with E-state index < -0.39 is 0 Å². The van der Waals surface area contributed by atoms with Gasteiger partial charge in [0.15, 0.2) is 0 Å². The normalized spacial score (nSPS) is 10.1. The molecule has 0 atom stereocenters. The average molecular weight is 275 g/mol. The van der Waals surface area contributed by atoms with Gasteiger partial charge in [0.1, 0.15) is 0 Å². The third kappa shape index (κ3) is 4.77. The second-order valence-electron chi connectivity index (χ2n) is 3.46. The number of methoxy groups -OCH3 is 1. The monoisotopic (exact) mass is 274 g/mol. The van der Waals surface area contributed by atoms with E-state index in [0.29, 0.717) is 13.2 Å². The summed E-state index contributed by atoms with van der Waals surface area (Å²) in [6, 6.07) is 1.47. The van der Waals surface area contributed by atoms with E-state index in [-0.39, 0.29) is 35.6 Å². The number of rotatable bonds is 7. The number of nitrogens with one attached hydrogen (secondary N) is 2. The molecule has 0 saturated heterocycles. The molecular formula is C11H15ClN2O4. The van der Waals surface area contributed by atoms with E-state index in [2.05, 4.69) is 10.6 Å². The molecule has 18 heavy (non-hydrogen) atoms. The van der Waals surface area contributed by atoms with Gasteiger partial charge in [0.25, 0.3) is 5.91 Å². The number of halogens is 1. The molecule has 0 aromatic carbocycles. The number of hydrogen-bond acceptors (Lipinski definition) is 4. The highest BCUT2D eigenvalue weighted by atomic mass is 35.5. The first-order chi connectivity index (χ1) is 8.65. The van der Waals surface area contributed by atoms with Gasteiger partial charge in [0, 0.05) is 26.6 Å². The van der Waals surface area contributed by atoms with Crippen LogP contribution in [-0.2, 0) is 9.53 Å². The molecule has 1 aromatic heterocycles. The second kappa shape index (κ2) is 7.73. The molecule has 2 N–H and O–H groups in total. The van der Waals surface area contributed by atoms with Crippen molar-refractivity contribution in [3.63, 3.8) is 0 Å². The summed E-state index contributed by atoms with van der Waals surface area (Å²) in [6.07, 6.45) is 1.53. The van der Waals surface area contributed by atoms with Crippen LogP contribution in [0.15, 0.2) is 16.7 Å². The maximum Gasteiger partial charge on any atom is 0.256 e. The summed E-state index contributed by atoms with van der Waals surface area (Å²) in [6.45, 7) is 1.15. The van der Waals surface area contributed by atoms with Crippen LogP contribution in [-0.4, -0.2) is 38.6 Å². The minimum atomic E-state index is -0.363. The van der Waals surface area contributed by atoms with Crippen molar-refractivity contribution in [2.75, 3.05) is 26.8 Å². The zero-order valence-electron chi connectivity index (χ0n) is 9.99. The zero-order chi connectivity index (χ0) is 13.4. The van der Waals surface area contributed by atoms with Crippen LogP contribution in [0.1, 0.15) is 16.8 Å². The highest BCUT2D eigenvalue weighted by molar-refractivity contribution is 6.32. The highest BCUT2D eigenvalue weighted by Gasteiger charge is 2.12. The van der Waals surface area contributed by atoms with Gasteiger partial charge in [-0.3, -0.25) is 9.59 Å². The third-order valence-corrected chi connectivity index (χ3v) is 2.42. The van der Waals surface area contributed by atoms with Crippen molar-refractivity contribution in [3.8, 4) is 0 Å². The Labute approximate surface area is 110 Å². The van der Waals surface area contributed by atoms with Crippen molar-refractivity contribution in [1.82, 2.24) is 10.6 Å². The van der Waals surface area contributed by atoms with Crippen LogP contribution < -0.4 is 10.6 Å². The molecule has 1 aromatic rings. The molecule has 0 bridgehead atoms. The van der Waals surface area contributed by atoms with E-state index >= 15 is 0 Å². The third-order valence-electron chi connectivity index (χ3n) is 2.13. The SMILES string of the molecule is COCCNC(=O)CCNC(=O)c1ccoc1Cl. The van der Waals surface area contributed by atoms with Crippen molar-refractivity contribution in [3.05, 3.63) is 23.1 Å². The fraction of sp³-hybridized carbons (Fsp3) is 0.455. The van der Waals surface area contributed by atoms with Crippen molar-refractivity contribution in [1.29, 1.82) is 0 Å². The number of carbonyl (C=O) groups is 2. The van der Waals surface area contributed by atoms with Crippen LogP contribution >= 0.6 is 11.6 Å². The van der Waals surface area contributed by atoms with E-state index in [1.54, 1.807) is 7.11 Å².